The van der Waals surface area contributed by atoms with E-state index in [2.05, 4.69) is 15.6 Å². The molecule has 2 N–H and O–H groups in total. The van der Waals surface area contributed by atoms with Gasteiger partial charge in [0.05, 0.1) is 19.3 Å². The maximum atomic E-state index is 13.1. The number of halogens is 2. The van der Waals surface area contributed by atoms with Crippen LogP contribution in [0, 0.1) is 11.6 Å². The van der Waals surface area contributed by atoms with E-state index >= 15 is 0 Å². The molecule has 1 heterocycles. The summed E-state index contributed by atoms with van der Waals surface area (Å²) >= 11 is 0. The lowest BCUT2D eigenvalue weighted by Crippen LogP contribution is -2.40. The van der Waals surface area contributed by atoms with Crippen molar-refractivity contribution in [3.05, 3.63) is 29.8 Å². The zero-order valence-corrected chi connectivity index (χ0v) is 15.1. The molecule has 8 heteroatoms. The Hall–Kier alpha value is -1.93. The minimum absolute atomic E-state index is 0.256. The average molecular weight is 371 g/mol. The molecule has 1 aliphatic heterocycles. The number of benzene rings is 1. The van der Waals surface area contributed by atoms with Gasteiger partial charge in [-0.15, -0.1) is 0 Å². The number of rotatable bonds is 10. The van der Waals surface area contributed by atoms with Gasteiger partial charge in [-0.1, -0.05) is 0 Å². The van der Waals surface area contributed by atoms with E-state index < -0.39 is 11.6 Å². The van der Waals surface area contributed by atoms with Gasteiger partial charge in [0.15, 0.2) is 17.6 Å². The minimum atomic E-state index is -0.922. The lowest BCUT2D eigenvalue weighted by Gasteiger charge is -2.13. The SMILES string of the molecule is CN=C(NCCCOCC1CCCO1)NCCOc1ccc(F)c(F)c1. The Morgan fingerprint density at radius 1 is 1.23 bits per heavy atom. The molecule has 0 spiro atoms. The van der Waals surface area contributed by atoms with Crippen LogP contribution in [0.3, 0.4) is 0 Å². The Labute approximate surface area is 152 Å². The Morgan fingerprint density at radius 2 is 2.08 bits per heavy atom. The molecule has 0 bridgehead atoms. The zero-order chi connectivity index (χ0) is 18.6. The lowest BCUT2D eigenvalue weighted by atomic mass is 10.2. The van der Waals surface area contributed by atoms with Crippen molar-refractivity contribution in [2.45, 2.75) is 25.4 Å². The summed E-state index contributed by atoms with van der Waals surface area (Å²) in [6, 6.07) is 3.46. The molecule has 1 saturated heterocycles. The van der Waals surface area contributed by atoms with Crippen molar-refractivity contribution in [3.63, 3.8) is 0 Å². The van der Waals surface area contributed by atoms with Crippen molar-refractivity contribution in [3.8, 4) is 5.75 Å². The van der Waals surface area contributed by atoms with Gasteiger partial charge in [-0.25, -0.2) is 8.78 Å². The van der Waals surface area contributed by atoms with Crippen LogP contribution in [0.1, 0.15) is 19.3 Å². The molecular weight excluding hydrogens is 344 g/mol. The fourth-order valence-corrected chi connectivity index (χ4v) is 2.50. The average Bonchev–Trinajstić information content (AvgIpc) is 3.16. The van der Waals surface area contributed by atoms with Crippen LogP contribution in [0.25, 0.3) is 0 Å². The number of nitrogens with zero attached hydrogens (tertiary/aromatic N) is 1. The lowest BCUT2D eigenvalue weighted by molar-refractivity contribution is 0.0168. The molecule has 6 nitrogen and oxygen atoms in total. The van der Waals surface area contributed by atoms with Crippen LogP contribution in [-0.4, -0.2) is 58.6 Å². The normalized spacial score (nSPS) is 17.3. The van der Waals surface area contributed by atoms with Gasteiger partial charge in [-0.2, -0.15) is 0 Å². The Morgan fingerprint density at radius 3 is 2.81 bits per heavy atom. The molecular formula is C18H27F2N3O3. The van der Waals surface area contributed by atoms with Crippen LogP contribution in [0.5, 0.6) is 5.75 Å². The number of hydrogen-bond donors (Lipinski definition) is 2. The van der Waals surface area contributed by atoms with Crippen LogP contribution in [-0.2, 0) is 9.47 Å². The number of hydrogen-bond acceptors (Lipinski definition) is 4. The van der Waals surface area contributed by atoms with Gasteiger partial charge in [0.25, 0.3) is 0 Å². The van der Waals surface area contributed by atoms with Crippen LogP contribution in [0.2, 0.25) is 0 Å². The summed E-state index contributed by atoms with van der Waals surface area (Å²) in [4.78, 5) is 4.11. The van der Waals surface area contributed by atoms with Gasteiger partial charge in [0, 0.05) is 32.9 Å². The summed E-state index contributed by atoms with van der Waals surface area (Å²) in [5.41, 5.74) is 0. The highest BCUT2D eigenvalue weighted by Crippen LogP contribution is 2.15. The number of ether oxygens (including phenoxy) is 3. The van der Waals surface area contributed by atoms with E-state index in [-0.39, 0.29) is 11.9 Å². The van der Waals surface area contributed by atoms with Crippen molar-refractivity contribution in [1.29, 1.82) is 0 Å². The molecule has 1 atom stereocenters. The summed E-state index contributed by atoms with van der Waals surface area (Å²) in [7, 11) is 1.68. The standard InChI is InChI=1S/C18H27F2N3O3/c1-21-18(22-7-3-9-24-13-15-4-2-10-25-15)23-8-11-26-14-5-6-16(19)17(20)12-14/h5-6,12,15H,2-4,7-11,13H2,1H3,(H2,21,22,23). The summed E-state index contributed by atoms with van der Waals surface area (Å²) in [5.74, 6) is -0.871. The van der Waals surface area contributed by atoms with Crippen molar-refractivity contribution in [1.82, 2.24) is 10.6 Å². The molecule has 0 saturated carbocycles. The second-order valence-electron chi connectivity index (χ2n) is 5.91. The fourth-order valence-electron chi connectivity index (χ4n) is 2.50. The predicted molar refractivity (Wildman–Crippen MR) is 95.6 cm³/mol. The highest BCUT2D eigenvalue weighted by atomic mass is 19.2. The second kappa shape index (κ2) is 11.6. The number of guanidine groups is 1. The molecule has 0 aliphatic carbocycles. The zero-order valence-electron chi connectivity index (χ0n) is 15.1. The van der Waals surface area contributed by atoms with Gasteiger partial charge < -0.3 is 24.8 Å². The molecule has 0 amide bonds. The second-order valence-corrected chi connectivity index (χ2v) is 5.91. The quantitative estimate of drug-likeness (QED) is 0.375. The van der Waals surface area contributed by atoms with E-state index in [4.69, 9.17) is 14.2 Å². The van der Waals surface area contributed by atoms with E-state index in [1.165, 1.54) is 6.07 Å². The predicted octanol–water partition coefficient (Wildman–Crippen LogP) is 2.09. The van der Waals surface area contributed by atoms with Gasteiger partial charge in [0.1, 0.15) is 12.4 Å². The maximum absolute atomic E-state index is 13.1. The molecule has 26 heavy (non-hydrogen) atoms. The smallest absolute Gasteiger partial charge is 0.191 e. The maximum Gasteiger partial charge on any atom is 0.191 e. The number of nitrogens with one attached hydrogen (secondary N) is 2. The summed E-state index contributed by atoms with van der Waals surface area (Å²) in [6.45, 7) is 3.69. The van der Waals surface area contributed by atoms with Crippen LogP contribution < -0.4 is 15.4 Å². The number of aliphatic imine (C=N–C) groups is 1. The van der Waals surface area contributed by atoms with E-state index in [0.717, 1.165) is 44.5 Å². The third-order valence-electron chi connectivity index (χ3n) is 3.86. The molecule has 0 radical (unpaired) electrons. The van der Waals surface area contributed by atoms with E-state index in [1.807, 2.05) is 0 Å². The molecule has 1 aromatic rings. The monoisotopic (exact) mass is 371 g/mol. The molecule has 0 aromatic heterocycles. The Balaban J connectivity index is 1.49. The van der Waals surface area contributed by atoms with Crippen molar-refractivity contribution < 1.29 is 23.0 Å². The van der Waals surface area contributed by atoms with Crippen LogP contribution >= 0.6 is 0 Å². The largest absolute Gasteiger partial charge is 0.492 e. The van der Waals surface area contributed by atoms with Crippen molar-refractivity contribution in [2.24, 2.45) is 4.99 Å². The van der Waals surface area contributed by atoms with E-state index in [1.54, 1.807) is 7.05 Å². The van der Waals surface area contributed by atoms with Crippen LogP contribution in [0.15, 0.2) is 23.2 Å². The molecule has 1 fully saturated rings. The Kier molecular flexibility index (Phi) is 9.13. The molecule has 2 rings (SSSR count). The molecule has 146 valence electrons. The van der Waals surface area contributed by atoms with Gasteiger partial charge in [0.2, 0.25) is 0 Å². The first-order chi connectivity index (χ1) is 12.7. The first-order valence-corrected chi connectivity index (χ1v) is 8.90. The highest BCUT2D eigenvalue weighted by molar-refractivity contribution is 5.79. The third kappa shape index (κ3) is 7.53. The van der Waals surface area contributed by atoms with Gasteiger partial charge in [-0.05, 0) is 31.4 Å². The molecule has 1 unspecified atom stereocenters. The summed E-state index contributed by atoms with van der Waals surface area (Å²) < 4.78 is 42.3. The first kappa shape index (κ1) is 20.4. The molecule has 1 aromatic carbocycles. The van der Waals surface area contributed by atoms with Crippen molar-refractivity contribution in [2.75, 3.05) is 46.6 Å². The highest BCUT2D eigenvalue weighted by Gasteiger charge is 2.14. The van der Waals surface area contributed by atoms with Gasteiger partial charge in [-0.3, -0.25) is 4.99 Å². The Bertz CT molecular complexity index is 567. The first-order valence-electron chi connectivity index (χ1n) is 8.90. The van der Waals surface area contributed by atoms with E-state index in [0.29, 0.717) is 32.3 Å². The summed E-state index contributed by atoms with van der Waals surface area (Å²) in [5, 5.41) is 6.26. The van der Waals surface area contributed by atoms with Gasteiger partial charge >= 0.3 is 0 Å². The molecule has 1 aliphatic rings. The minimum Gasteiger partial charge on any atom is -0.492 e. The van der Waals surface area contributed by atoms with Crippen molar-refractivity contribution >= 4 is 5.96 Å². The topological polar surface area (TPSA) is 64.1 Å². The van der Waals surface area contributed by atoms with E-state index in [9.17, 15) is 8.78 Å². The summed E-state index contributed by atoms with van der Waals surface area (Å²) in [6.07, 6.45) is 3.32. The van der Waals surface area contributed by atoms with Crippen LogP contribution in [0.4, 0.5) is 8.78 Å². The third-order valence-corrected chi connectivity index (χ3v) is 3.86. The fraction of sp³-hybridized carbons (Fsp3) is 0.611.